The molecule has 0 saturated carbocycles. The number of carboxylic acid groups (broad SMARTS) is 1. The molecule has 0 aliphatic heterocycles. The molecule has 1 rings (SSSR count). The normalized spacial score (nSPS) is 9.50. The molecule has 0 atom stereocenters. The molecule has 86 valence electrons. The van der Waals surface area contributed by atoms with E-state index in [-0.39, 0.29) is 6.15 Å². The van der Waals surface area contributed by atoms with Crippen molar-refractivity contribution in [1.82, 2.24) is 6.15 Å². The lowest BCUT2D eigenvalue weighted by molar-refractivity contribution is -0.297. The molecular formula is C10H13N3O3. The van der Waals surface area contributed by atoms with E-state index in [0.29, 0.717) is 17.5 Å². The molecule has 0 unspecified atom stereocenters. The SMILES string of the molecule is Nc1ccc(NC(=O)/C=C\C(=O)[O-])cc1.[NH4+]. The van der Waals surface area contributed by atoms with Crippen molar-refractivity contribution in [2.45, 2.75) is 0 Å². The summed E-state index contributed by atoms with van der Waals surface area (Å²) in [7, 11) is 0. The molecule has 7 N–H and O–H groups in total. The first-order chi connectivity index (χ1) is 7.08. The smallest absolute Gasteiger partial charge is 0.248 e. The summed E-state index contributed by atoms with van der Waals surface area (Å²) in [5, 5.41) is 12.5. The number of carbonyl (C=O) groups is 2. The van der Waals surface area contributed by atoms with Crippen LogP contribution in [0.2, 0.25) is 0 Å². The van der Waals surface area contributed by atoms with Crippen LogP contribution < -0.4 is 22.3 Å². The van der Waals surface area contributed by atoms with E-state index >= 15 is 0 Å². The first-order valence-electron chi connectivity index (χ1n) is 4.13. The van der Waals surface area contributed by atoms with Gasteiger partial charge in [0.25, 0.3) is 0 Å². The lowest BCUT2D eigenvalue weighted by atomic mass is 10.3. The molecule has 0 spiro atoms. The summed E-state index contributed by atoms with van der Waals surface area (Å²) in [4.78, 5) is 21.1. The second kappa shape index (κ2) is 6.20. The quantitative estimate of drug-likeness (QED) is 0.487. The van der Waals surface area contributed by atoms with E-state index in [2.05, 4.69) is 5.32 Å². The topological polar surface area (TPSA) is 132 Å². The van der Waals surface area contributed by atoms with Crippen molar-refractivity contribution in [2.75, 3.05) is 11.1 Å². The molecule has 0 heterocycles. The van der Waals surface area contributed by atoms with Crippen LogP contribution in [0.4, 0.5) is 11.4 Å². The second-order valence-corrected chi connectivity index (χ2v) is 2.76. The van der Waals surface area contributed by atoms with Crippen LogP contribution >= 0.6 is 0 Å². The molecule has 0 bridgehead atoms. The van der Waals surface area contributed by atoms with Gasteiger partial charge in [0.1, 0.15) is 0 Å². The standard InChI is InChI=1S/C10H10N2O3.H3N/c11-7-1-3-8(4-2-7)12-9(13)5-6-10(14)15;/h1-6H,11H2,(H,12,13)(H,14,15);1H3/b6-5-;. The van der Waals surface area contributed by atoms with Crippen molar-refractivity contribution in [1.29, 1.82) is 0 Å². The number of nitrogens with two attached hydrogens (primary N) is 1. The Kier molecular flexibility index (Phi) is 5.29. The van der Waals surface area contributed by atoms with Gasteiger partial charge in [-0.05, 0) is 30.3 Å². The molecule has 0 saturated heterocycles. The van der Waals surface area contributed by atoms with E-state index in [1.807, 2.05) is 0 Å². The van der Waals surface area contributed by atoms with Crippen molar-refractivity contribution < 1.29 is 14.7 Å². The lowest BCUT2D eigenvalue weighted by Gasteiger charge is -2.01. The number of carbonyl (C=O) groups excluding carboxylic acids is 2. The van der Waals surface area contributed by atoms with Crippen LogP contribution in [0.5, 0.6) is 0 Å². The third-order valence-electron chi connectivity index (χ3n) is 1.55. The first-order valence-corrected chi connectivity index (χ1v) is 4.13. The van der Waals surface area contributed by atoms with Crippen LogP contribution in [-0.2, 0) is 9.59 Å². The number of hydrogen-bond acceptors (Lipinski definition) is 4. The van der Waals surface area contributed by atoms with Gasteiger partial charge < -0.3 is 27.1 Å². The maximum Gasteiger partial charge on any atom is 0.248 e. The Morgan fingerprint density at radius 3 is 2.25 bits per heavy atom. The summed E-state index contributed by atoms with van der Waals surface area (Å²) < 4.78 is 0. The van der Waals surface area contributed by atoms with Gasteiger partial charge in [-0.15, -0.1) is 0 Å². The zero-order valence-electron chi connectivity index (χ0n) is 8.77. The molecular weight excluding hydrogens is 210 g/mol. The Morgan fingerprint density at radius 2 is 1.75 bits per heavy atom. The number of rotatable bonds is 3. The van der Waals surface area contributed by atoms with E-state index in [1.54, 1.807) is 24.3 Å². The molecule has 6 heteroatoms. The van der Waals surface area contributed by atoms with Crippen molar-refractivity contribution in [2.24, 2.45) is 0 Å². The summed E-state index contributed by atoms with van der Waals surface area (Å²) in [5.74, 6) is -1.95. The van der Waals surface area contributed by atoms with Gasteiger partial charge >= 0.3 is 0 Å². The highest BCUT2D eigenvalue weighted by molar-refractivity contribution is 6.02. The van der Waals surface area contributed by atoms with Crippen molar-refractivity contribution in [3.05, 3.63) is 36.4 Å². The maximum absolute atomic E-state index is 11.1. The summed E-state index contributed by atoms with van der Waals surface area (Å²) in [6, 6.07) is 6.47. The molecule has 6 nitrogen and oxygen atoms in total. The van der Waals surface area contributed by atoms with Gasteiger partial charge in [-0.1, -0.05) is 0 Å². The molecule has 1 aromatic carbocycles. The molecule has 16 heavy (non-hydrogen) atoms. The van der Waals surface area contributed by atoms with Gasteiger partial charge in [0.15, 0.2) is 0 Å². The molecule has 0 fully saturated rings. The third-order valence-corrected chi connectivity index (χ3v) is 1.55. The number of anilines is 2. The minimum Gasteiger partial charge on any atom is -0.545 e. The zero-order chi connectivity index (χ0) is 11.3. The van der Waals surface area contributed by atoms with Gasteiger partial charge in [-0.25, -0.2) is 0 Å². The Hall–Kier alpha value is -2.34. The molecule has 0 aromatic heterocycles. The van der Waals surface area contributed by atoms with Crippen molar-refractivity contribution in [3.63, 3.8) is 0 Å². The molecule has 1 amide bonds. The third kappa shape index (κ3) is 4.77. The molecule has 0 aliphatic rings. The summed E-state index contributed by atoms with van der Waals surface area (Å²) in [6.45, 7) is 0. The number of amides is 1. The van der Waals surface area contributed by atoms with Gasteiger partial charge in [-0.2, -0.15) is 0 Å². The molecule has 0 radical (unpaired) electrons. The number of nitrogen functional groups attached to an aromatic ring is 1. The fourth-order valence-electron chi connectivity index (χ4n) is 0.894. The van der Waals surface area contributed by atoms with Crippen LogP contribution in [0.1, 0.15) is 0 Å². The highest BCUT2D eigenvalue weighted by atomic mass is 16.4. The number of nitrogens with one attached hydrogen (secondary N) is 1. The number of carboxylic acids is 1. The van der Waals surface area contributed by atoms with Crippen molar-refractivity contribution in [3.8, 4) is 0 Å². The summed E-state index contributed by atoms with van der Waals surface area (Å²) in [6.07, 6.45) is 1.54. The second-order valence-electron chi connectivity index (χ2n) is 2.76. The van der Waals surface area contributed by atoms with Gasteiger partial charge in [0.2, 0.25) is 5.91 Å². The number of quaternary nitrogens is 1. The van der Waals surface area contributed by atoms with Crippen LogP contribution in [0.3, 0.4) is 0 Å². The van der Waals surface area contributed by atoms with Crippen molar-refractivity contribution >= 4 is 23.3 Å². The number of benzene rings is 1. The predicted octanol–water partition coefficient (Wildman–Crippen LogP) is -0.110. The van der Waals surface area contributed by atoms with Crippen LogP contribution in [0.25, 0.3) is 0 Å². The number of hydrogen-bond donors (Lipinski definition) is 3. The summed E-state index contributed by atoms with van der Waals surface area (Å²) >= 11 is 0. The minimum absolute atomic E-state index is 0. The van der Waals surface area contributed by atoms with Gasteiger partial charge in [0, 0.05) is 17.5 Å². The van der Waals surface area contributed by atoms with Gasteiger partial charge in [0.05, 0.1) is 5.97 Å². The fraction of sp³-hybridized carbons (Fsp3) is 0. The Bertz CT molecular complexity index is 398. The van der Waals surface area contributed by atoms with Crippen LogP contribution in [0, 0.1) is 0 Å². The van der Waals surface area contributed by atoms with Gasteiger partial charge in [-0.3, -0.25) is 4.79 Å². The van der Waals surface area contributed by atoms with E-state index in [4.69, 9.17) is 5.73 Å². The Labute approximate surface area is 92.3 Å². The minimum atomic E-state index is -1.41. The fourth-order valence-corrected chi connectivity index (χ4v) is 0.894. The largest absolute Gasteiger partial charge is 0.545 e. The van der Waals surface area contributed by atoms with Crippen LogP contribution in [0.15, 0.2) is 36.4 Å². The lowest BCUT2D eigenvalue weighted by Crippen LogP contribution is -2.20. The molecule has 0 aliphatic carbocycles. The zero-order valence-corrected chi connectivity index (χ0v) is 8.77. The van der Waals surface area contributed by atoms with E-state index < -0.39 is 11.9 Å². The maximum atomic E-state index is 11.1. The average Bonchev–Trinajstić information content (AvgIpc) is 2.19. The average molecular weight is 223 g/mol. The van der Waals surface area contributed by atoms with E-state index in [1.165, 1.54) is 0 Å². The number of aliphatic carboxylic acids is 1. The monoisotopic (exact) mass is 223 g/mol. The predicted molar refractivity (Wildman–Crippen MR) is 59.6 cm³/mol. The highest BCUT2D eigenvalue weighted by Gasteiger charge is 1.96. The molecule has 1 aromatic rings. The Morgan fingerprint density at radius 1 is 1.19 bits per heavy atom. The highest BCUT2D eigenvalue weighted by Crippen LogP contribution is 2.10. The Balaban J connectivity index is 0.00000225. The van der Waals surface area contributed by atoms with E-state index in [0.717, 1.165) is 6.08 Å². The van der Waals surface area contributed by atoms with E-state index in [9.17, 15) is 14.7 Å². The van der Waals surface area contributed by atoms with Crippen LogP contribution in [-0.4, -0.2) is 11.9 Å². The summed E-state index contributed by atoms with van der Waals surface area (Å²) in [5.41, 5.74) is 6.56. The first kappa shape index (κ1) is 13.7.